The van der Waals surface area contributed by atoms with Crippen molar-refractivity contribution in [3.63, 3.8) is 0 Å². The van der Waals surface area contributed by atoms with Gasteiger partial charge in [-0.2, -0.15) is 0 Å². The van der Waals surface area contributed by atoms with E-state index in [9.17, 15) is 0 Å². The molecular weight excluding hydrogens is 408 g/mol. The number of aromatic nitrogens is 2. The SMILES string of the molecule is Cc1cccc(OCCCCn2c(COc3ccc(C(C)(C)C)cc3)nc3ccccc32)c1. The summed E-state index contributed by atoms with van der Waals surface area (Å²) in [4.78, 5) is 4.85. The Hall–Kier alpha value is -3.27. The van der Waals surface area contributed by atoms with Crippen LogP contribution in [0.4, 0.5) is 0 Å². The molecule has 0 spiro atoms. The van der Waals surface area contributed by atoms with Crippen LogP contribution in [0.5, 0.6) is 11.5 Å². The maximum Gasteiger partial charge on any atom is 0.147 e. The van der Waals surface area contributed by atoms with Gasteiger partial charge < -0.3 is 14.0 Å². The number of rotatable bonds is 9. The fraction of sp³-hybridized carbons (Fsp3) is 0.345. The average Bonchev–Trinajstić information content (AvgIpc) is 3.15. The summed E-state index contributed by atoms with van der Waals surface area (Å²) < 4.78 is 14.3. The van der Waals surface area contributed by atoms with Gasteiger partial charge in [-0.25, -0.2) is 4.98 Å². The molecule has 0 unspecified atom stereocenters. The first-order valence-electron chi connectivity index (χ1n) is 11.8. The van der Waals surface area contributed by atoms with Gasteiger partial charge in [-0.05, 0) is 72.7 Å². The monoisotopic (exact) mass is 442 g/mol. The van der Waals surface area contributed by atoms with Crippen molar-refractivity contribution in [1.82, 2.24) is 9.55 Å². The highest BCUT2D eigenvalue weighted by Gasteiger charge is 2.14. The molecule has 0 bridgehead atoms. The first kappa shape index (κ1) is 22.9. The number of imidazole rings is 1. The topological polar surface area (TPSA) is 36.3 Å². The van der Waals surface area contributed by atoms with Crippen molar-refractivity contribution >= 4 is 11.0 Å². The number of nitrogens with zero attached hydrogens (tertiary/aromatic N) is 2. The van der Waals surface area contributed by atoms with E-state index in [1.54, 1.807) is 0 Å². The van der Waals surface area contributed by atoms with Gasteiger partial charge in [0.1, 0.15) is 23.9 Å². The van der Waals surface area contributed by atoms with Gasteiger partial charge in [-0.3, -0.25) is 0 Å². The van der Waals surface area contributed by atoms with Crippen LogP contribution in [0.1, 0.15) is 50.6 Å². The molecule has 0 aliphatic rings. The van der Waals surface area contributed by atoms with Gasteiger partial charge in [0.15, 0.2) is 0 Å². The molecule has 0 radical (unpaired) electrons. The molecule has 0 amide bonds. The minimum absolute atomic E-state index is 0.134. The van der Waals surface area contributed by atoms with Crippen molar-refractivity contribution in [1.29, 1.82) is 0 Å². The van der Waals surface area contributed by atoms with E-state index in [-0.39, 0.29) is 5.41 Å². The van der Waals surface area contributed by atoms with E-state index < -0.39 is 0 Å². The Kier molecular flexibility index (Phi) is 7.02. The Morgan fingerprint density at radius 3 is 2.36 bits per heavy atom. The van der Waals surface area contributed by atoms with E-state index in [0.29, 0.717) is 13.2 Å². The van der Waals surface area contributed by atoms with Gasteiger partial charge in [-0.1, -0.05) is 57.2 Å². The average molecular weight is 443 g/mol. The molecule has 0 saturated heterocycles. The highest BCUT2D eigenvalue weighted by Crippen LogP contribution is 2.25. The lowest BCUT2D eigenvalue weighted by Gasteiger charge is -2.19. The van der Waals surface area contributed by atoms with E-state index in [4.69, 9.17) is 14.5 Å². The molecule has 4 nitrogen and oxygen atoms in total. The van der Waals surface area contributed by atoms with Crippen molar-refractivity contribution in [2.75, 3.05) is 6.61 Å². The maximum atomic E-state index is 6.12. The molecule has 1 heterocycles. The number of para-hydroxylation sites is 2. The van der Waals surface area contributed by atoms with Crippen molar-refractivity contribution < 1.29 is 9.47 Å². The van der Waals surface area contributed by atoms with E-state index in [2.05, 4.69) is 86.9 Å². The largest absolute Gasteiger partial charge is 0.494 e. The van der Waals surface area contributed by atoms with Crippen LogP contribution in [0.2, 0.25) is 0 Å². The summed E-state index contributed by atoms with van der Waals surface area (Å²) in [5, 5.41) is 0. The first-order valence-corrected chi connectivity index (χ1v) is 11.8. The number of unbranched alkanes of at least 4 members (excludes halogenated alkanes) is 1. The highest BCUT2D eigenvalue weighted by atomic mass is 16.5. The Morgan fingerprint density at radius 2 is 1.61 bits per heavy atom. The van der Waals surface area contributed by atoms with Gasteiger partial charge in [0.25, 0.3) is 0 Å². The fourth-order valence-electron chi connectivity index (χ4n) is 3.95. The molecule has 3 aromatic carbocycles. The lowest BCUT2D eigenvalue weighted by molar-refractivity contribution is 0.285. The number of ether oxygens (including phenoxy) is 2. The summed E-state index contributed by atoms with van der Waals surface area (Å²) in [5.74, 6) is 2.76. The Morgan fingerprint density at radius 1 is 0.818 bits per heavy atom. The zero-order chi connectivity index (χ0) is 23.3. The molecule has 0 aliphatic heterocycles. The van der Waals surface area contributed by atoms with Crippen molar-refractivity contribution in [2.45, 2.75) is 59.1 Å². The lowest BCUT2D eigenvalue weighted by atomic mass is 9.87. The molecular formula is C29H34N2O2. The summed E-state index contributed by atoms with van der Waals surface area (Å²) in [6, 6.07) is 24.9. The number of benzene rings is 3. The van der Waals surface area contributed by atoms with E-state index in [1.165, 1.54) is 11.1 Å². The Bertz CT molecular complexity index is 1190. The number of fused-ring (bicyclic) bond motifs is 1. The van der Waals surface area contributed by atoms with Gasteiger partial charge in [0.05, 0.1) is 17.6 Å². The molecule has 33 heavy (non-hydrogen) atoms. The molecule has 0 saturated carbocycles. The Labute approximate surface area is 197 Å². The third-order valence-corrected chi connectivity index (χ3v) is 5.86. The second-order valence-electron chi connectivity index (χ2n) is 9.60. The smallest absolute Gasteiger partial charge is 0.147 e. The van der Waals surface area contributed by atoms with Crippen LogP contribution in [0, 0.1) is 6.92 Å². The molecule has 4 aromatic rings. The molecule has 4 rings (SSSR count). The minimum Gasteiger partial charge on any atom is -0.494 e. The van der Waals surface area contributed by atoms with Crippen LogP contribution in [0.15, 0.2) is 72.8 Å². The molecule has 0 aliphatic carbocycles. The summed E-state index contributed by atoms with van der Waals surface area (Å²) in [7, 11) is 0. The highest BCUT2D eigenvalue weighted by molar-refractivity contribution is 5.75. The summed E-state index contributed by atoms with van der Waals surface area (Å²) >= 11 is 0. The summed E-state index contributed by atoms with van der Waals surface area (Å²) in [5.41, 5.74) is 4.81. The molecule has 4 heteroatoms. The molecule has 0 N–H and O–H groups in total. The number of aryl methyl sites for hydroxylation is 2. The first-order chi connectivity index (χ1) is 15.9. The van der Waals surface area contributed by atoms with Crippen LogP contribution < -0.4 is 9.47 Å². The lowest BCUT2D eigenvalue weighted by Crippen LogP contribution is -2.11. The normalized spacial score (nSPS) is 11.6. The second kappa shape index (κ2) is 10.1. The van der Waals surface area contributed by atoms with Gasteiger partial charge in [0.2, 0.25) is 0 Å². The standard InChI is InChI=1S/C29H34N2O2/c1-22-10-9-11-25(20-22)32-19-8-7-18-31-27-13-6-5-12-26(27)30-28(31)21-33-24-16-14-23(15-17-24)29(2,3)4/h5-6,9-17,20H,7-8,18-19,21H2,1-4H3. The zero-order valence-corrected chi connectivity index (χ0v) is 20.2. The van der Waals surface area contributed by atoms with Crippen LogP contribution in [-0.4, -0.2) is 16.2 Å². The predicted octanol–water partition coefficient (Wildman–Crippen LogP) is 7.08. The summed E-state index contributed by atoms with van der Waals surface area (Å²) in [6.45, 7) is 10.8. The second-order valence-corrected chi connectivity index (χ2v) is 9.60. The van der Waals surface area contributed by atoms with Gasteiger partial charge in [0, 0.05) is 6.54 Å². The van der Waals surface area contributed by atoms with Crippen molar-refractivity contribution in [3.05, 3.63) is 89.7 Å². The third kappa shape index (κ3) is 5.95. The minimum atomic E-state index is 0.134. The van der Waals surface area contributed by atoms with Crippen LogP contribution in [0.25, 0.3) is 11.0 Å². The van der Waals surface area contributed by atoms with E-state index in [0.717, 1.165) is 47.7 Å². The molecule has 0 fully saturated rings. The van der Waals surface area contributed by atoms with Crippen LogP contribution in [-0.2, 0) is 18.6 Å². The maximum absolute atomic E-state index is 6.12. The quantitative estimate of drug-likeness (QED) is 0.260. The molecule has 0 atom stereocenters. The fourth-order valence-corrected chi connectivity index (χ4v) is 3.95. The number of hydrogen-bond donors (Lipinski definition) is 0. The van der Waals surface area contributed by atoms with Crippen molar-refractivity contribution in [3.8, 4) is 11.5 Å². The van der Waals surface area contributed by atoms with E-state index in [1.807, 2.05) is 18.2 Å². The van der Waals surface area contributed by atoms with Gasteiger partial charge in [-0.15, -0.1) is 0 Å². The van der Waals surface area contributed by atoms with Crippen LogP contribution >= 0.6 is 0 Å². The molecule has 1 aromatic heterocycles. The Balaban J connectivity index is 1.38. The molecule has 172 valence electrons. The number of hydrogen-bond acceptors (Lipinski definition) is 3. The summed E-state index contributed by atoms with van der Waals surface area (Å²) in [6.07, 6.45) is 1.99. The van der Waals surface area contributed by atoms with E-state index >= 15 is 0 Å². The van der Waals surface area contributed by atoms with Crippen molar-refractivity contribution in [2.24, 2.45) is 0 Å². The third-order valence-electron chi connectivity index (χ3n) is 5.86. The van der Waals surface area contributed by atoms with Crippen LogP contribution in [0.3, 0.4) is 0 Å². The zero-order valence-electron chi connectivity index (χ0n) is 20.2. The predicted molar refractivity (Wildman–Crippen MR) is 135 cm³/mol. The van der Waals surface area contributed by atoms with Gasteiger partial charge >= 0.3 is 0 Å².